The van der Waals surface area contributed by atoms with Crippen LogP contribution in [0.1, 0.15) is 25.3 Å². The molecule has 128 valence electrons. The molecular formula is C16H18ClN3O3S. The normalized spacial score (nSPS) is 18.1. The van der Waals surface area contributed by atoms with Crippen molar-refractivity contribution in [2.45, 2.75) is 37.1 Å². The van der Waals surface area contributed by atoms with Crippen LogP contribution in [0.25, 0.3) is 0 Å². The molecule has 6 nitrogen and oxygen atoms in total. The summed E-state index contributed by atoms with van der Waals surface area (Å²) in [5.41, 5.74) is -0.617. The van der Waals surface area contributed by atoms with Crippen molar-refractivity contribution in [3.8, 4) is 0 Å². The lowest BCUT2D eigenvalue weighted by atomic mass is 9.79. The molecule has 1 aromatic heterocycles. The Morgan fingerprint density at radius 1 is 1.50 bits per heavy atom. The van der Waals surface area contributed by atoms with E-state index in [1.807, 2.05) is 25.1 Å². The van der Waals surface area contributed by atoms with E-state index in [9.17, 15) is 9.90 Å². The Balaban J connectivity index is 1.98. The van der Waals surface area contributed by atoms with E-state index < -0.39 is 10.9 Å². The highest BCUT2D eigenvalue weighted by atomic mass is 35.5. The summed E-state index contributed by atoms with van der Waals surface area (Å²) in [5, 5.41) is 24.3. The zero-order valence-corrected chi connectivity index (χ0v) is 14.7. The Kier molecular flexibility index (Phi) is 4.85. The van der Waals surface area contributed by atoms with Crippen molar-refractivity contribution in [1.29, 1.82) is 0 Å². The van der Waals surface area contributed by atoms with Gasteiger partial charge in [0.25, 0.3) is 0 Å². The smallest absolute Gasteiger partial charge is 0.372 e. The van der Waals surface area contributed by atoms with E-state index in [1.165, 1.54) is 11.0 Å². The molecular weight excluding hydrogens is 350 g/mol. The van der Waals surface area contributed by atoms with Crippen molar-refractivity contribution in [2.24, 2.45) is 11.8 Å². The van der Waals surface area contributed by atoms with Gasteiger partial charge in [-0.05, 0) is 30.7 Å². The molecule has 24 heavy (non-hydrogen) atoms. The third kappa shape index (κ3) is 3.43. The molecule has 8 heteroatoms. The molecule has 2 N–H and O–H groups in total. The molecule has 1 saturated carbocycles. The van der Waals surface area contributed by atoms with E-state index in [0.29, 0.717) is 28.3 Å². The van der Waals surface area contributed by atoms with Gasteiger partial charge < -0.3 is 10.2 Å². The molecule has 1 aliphatic rings. The second-order valence-electron chi connectivity index (χ2n) is 6.10. The lowest BCUT2D eigenvalue weighted by molar-refractivity contribution is -0.0461. The minimum atomic E-state index is -1.25. The topological polar surface area (TPSA) is 88.2 Å². The number of aromatic nitrogens is 3. The average Bonchev–Trinajstić information content (AvgIpc) is 3.30. The number of carbonyl (C=O) groups is 1. The lowest BCUT2D eigenvalue weighted by Gasteiger charge is -2.35. The summed E-state index contributed by atoms with van der Waals surface area (Å²) in [4.78, 5) is 14.9. The van der Waals surface area contributed by atoms with Crippen molar-refractivity contribution >= 4 is 28.7 Å². The largest absolute Gasteiger partial charge is 0.473 e. The highest BCUT2D eigenvalue weighted by Gasteiger charge is 2.45. The zero-order chi connectivity index (χ0) is 17.3. The van der Waals surface area contributed by atoms with E-state index in [0.717, 1.165) is 12.8 Å². The molecule has 3 rings (SSSR count). The zero-order valence-electron chi connectivity index (χ0n) is 13.1. The maximum absolute atomic E-state index is 11.5. The summed E-state index contributed by atoms with van der Waals surface area (Å²) in [7, 11) is 0. The summed E-state index contributed by atoms with van der Waals surface area (Å²) in [6.45, 7) is 2.10. The Morgan fingerprint density at radius 3 is 2.83 bits per heavy atom. The second kappa shape index (κ2) is 6.74. The lowest BCUT2D eigenvalue weighted by Crippen LogP contribution is -2.40. The number of carboxylic acid groups (broad SMARTS) is 1. The van der Waals surface area contributed by atoms with Crippen LogP contribution in [0.2, 0.25) is 5.02 Å². The Hall–Kier alpha value is -1.57. The Bertz CT molecular complexity index is 750. The summed E-state index contributed by atoms with van der Waals surface area (Å²) in [6.07, 6.45) is 3.43. The van der Waals surface area contributed by atoms with E-state index in [-0.39, 0.29) is 17.6 Å². The van der Waals surface area contributed by atoms with Gasteiger partial charge in [-0.3, -0.25) is 0 Å². The third-order valence-corrected chi connectivity index (χ3v) is 5.58. The number of thioether (sulfide) groups is 1. The van der Waals surface area contributed by atoms with Crippen LogP contribution in [-0.4, -0.2) is 30.3 Å². The standard InChI is InChI=1S/C16H18ClN3O3S/c1-10(11-6-7-11)16(23,12-4-2-3-5-13(12)17)8-20-14(18-9-19-20)24-15(21)22/h2-5,9-11,23H,6-8H2,1H3,(H,21,22). The second-order valence-corrected chi connectivity index (χ2v) is 7.42. The van der Waals surface area contributed by atoms with Crippen molar-refractivity contribution in [3.63, 3.8) is 0 Å². The van der Waals surface area contributed by atoms with Crippen LogP contribution in [0.15, 0.2) is 35.7 Å². The van der Waals surface area contributed by atoms with E-state index in [4.69, 9.17) is 16.7 Å². The van der Waals surface area contributed by atoms with E-state index >= 15 is 0 Å². The monoisotopic (exact) mass is 367 g/mol. The predicted octanol–water partition coefficient (Wildman–Crippen LogP) is 3.64. The third-order valence-electron chi connectivity index (χ3n) is 4.57. The summed E-state index contributed by atoms with van der Waals surface area (Å²) < 4.78 is 1.43. The SMILES string of the molecule is CC(C1CC1)C(O)(Cn1ncnc1SC(=O)O)c1ccccc1Cl. The highest BCUT2D eigenvalue weighted by Crippen LogP contribution is 2.48. The van der Waals surface area contributed by atoms with E-state index in [1.54, 1.807) is 6.07 Å². The number of aliphatic hydroxyl groups is 1. The molecule has 1 aliphatic carbocycles. The molecule has 0 spiro atoms. The van der Waals surface area contributed by atoms with Crippen LogP contribution in [0, 0.1) is 11.8 Å². The van der Waals surface area contributed by atoms with Gasteiger partial charge in [-0.1, -0.05) is 36.7 Å². The number of rotatable bonds is 6. The van der Waals surface area contributed by atoms with Crippen molar-refractivity contribution < 1.29 is 15.0 Å². The van der Waals surface area contributed by atoms with Gasteiger partial charge >= 0.3 is 5.30 Å². The molecule has 1 aromatic carbocycles. The fraction of sp³-hybridized carbons (Fsp3) is 0.438. The van der Waals surface area contributed by atoms with Gasteiger partial charge in [-0.2, -0.15) is 5.10 Å². The molecule has 2 unspecified atom stereocenters. The van der Waals surface area contributed by atoms with Crippen LogP contribution in [0.4, 0.5) is 4.79 Å². The fourth-order valence-corrected chi connectivity index (χ4v) is 3.79. The minimum Gasteiger partial charge on any atom is -0.473 e. The molecule has 1 heterocycles. The molecule has 2 aromatic rings. The summed E-state index contributed by atoms with van der Waals surface area (Å²) in [6, 6.07) is 7.20. The molecule has 0 saturated heterocycles. The predicted molar refractivity (Wildman–Crippen MR) is 91.1 cm³/mol. The van der Waals surface area contributed by atoms with Gasteiger partial charge in [0.1, 0.15) is 11.9 Å². The maximum Gasteiger partial charge on any atom is 0.372 e. The van der Waals surface area contributed by atoms with Crippen molar-refractivity contribution in [3.05, 3.63) is 41.2 Å². The summed E-state index contributed by atoms with van der Waals surface area (Å²) in [5.74, 6) is 0.384. The molecule has 0 bridgehead atoms. The van der Waals surface area contributed by atoms with Crippen molar-refractivity contribution in [2.75, 3.05) is 0 Å². The first-order chi connectivity index (χ1) is 11.4. The van der Waals surface area contributed by atoms with Crippen LogP contribution in [0.5, 0.6) is 0 Å². The van der Waals surface area contributed by atoms with Crippen molar-refractivity contribution in [1.82, 2.24) is 14.8 Å². The van der Waals surface area contributed by atoms with Gasteiger partial charge in [0, 0.05) is 22.3 Å². The number of benzene rings is 1. The average molecular weight is 368 g/mol. The molecule has 0 radical (unpaired) electrons. The van der Waals surface area contributed by atoms with Gasteiger partial charge in [0.2, 0.25) is 0 Å². The molecule has 0 amide bonds. The van der Waals surface area contributed by atoms with E-state index in [2.05, 4.69) is 10.1 Å². The molecule has 0 aliphatic heterocycles. The quantitative estimate of drug-likeness (QED) is 0.758. The van der Waals surface area contributed by atoms with Crippen LogP contribution < -0.4 is 0 Å². The molecule has 2 atom stereocenters. The first-order valence-electron chi connectivity index (χ1n) is 7.68. The van der Waals surface area contributed by atoms with Crippen LogP contribution >= 0.6 is 23.4 Å². The van der Waals surface area contributed by atoms with Crippen LogP contribution in [0.3, 0.4) is 0 Å². The number of hydrogen-bond donors (Lipinski definition) is 2. The Labute approximate surface area is 148 Å². The van der Waals surface area contributed by atoms with Gasteiger partial charge in [-0.15, -0.1) is 0 Å². The first kappa shape index (κ1) is 17.3. The fourth-order valence-electron chi connectivity index (χ4n) is 3.02. The minimum absolute atomic E-state index is 0.0377. The first-order valence-corrected chi connectivity index (χ1v) is 8.87. The van der Waals surface area contributed by atoms with Gasteiger partial charge in [0.05, 0.1) is 6.54 Å². The number of nitrogens with zero attached hydrogens (tertiary/aromatic N) is 3. The number of halogens is 1. The highest BCUT2D eigenvalue weighted by molar-refractivity contribution is 8.13. The van der Waals surface area contributed by atoms with Gasteiger partial charge in [-0.25, -0.2) is 14.5 Å². The van der Waals surface area contributed by atoms with Gasteiger partial charge in [0.15, 0.2) is 5.16 Å². The van der Waals surface area contributed by atoms with Crippen LogP contribution in [-0.2, 0) is 12.1 Å². The Morgan fingerprint density at radius 2 is 2.21 bits per heavy atom. The molecule has 1 fully saturated rings. The maximum atomic E-state index is 11.5. The number of hydrogen-bond acceptors (Lipinski definition) is 5. The summed E-state index contributed by atoms with van der Waals surface area (Å²) >= 11 is 6.91.